The Morgan fingerprint density at radius 1 is 1.00 bits per heavy atom. The highest BCUT2D eigenvalue weighted by molar-refractivity contribution is 7.98. The van der Waals surface area contributed by atoms with Gasteiger partial charge in [0.05, 0.1) is 22.3 Å². The number of benzene rings is 3. The molecular formula is C27H23F3N2O4S2. The molecule has 0 aliphatic carbocycles. The summed E-state index contributed by atoms with van der Waals surface area (Å²) in [6.07, 6.45) is 2.73. The number of carbonyl (C=O) groups is 1. The zero-order chi connectivity index (χ0) is 27.8. The second kappa shape index (κ2) is 10.3. The van der Waals surface area contributed by atoms with E-state index >= 15 is 0 Å². The van der Waals surface area contributed by atoms with Crippen LogP contribution in [0.5, 0.6) is 0 Å². The second-order valence-corrected chi connectivity index (χ2v) is 12.1. The summed E-state index contributed by atoms with van der Waals surface area (Å²) in [5.74, 6) is -4.03. The molecule has 1 N–H and O–H groups in total. The number of carboxylic acid groups (broad SMARTS) is 1. The molecule has 38 heavy (non-hydrogen) atoms. The fourth-order valence-corrected chi connectivity index (χ4v) is 5.62. The first-order chi connectivity index (χ1) is 17.8. The SMILES string of the molecule is CC(C)(c1ccc(S(C)(=O)=O)cc1)c1cnc(SCc2c(F)cc(C(=O)O)cc2F)n1-c1ccc(F)cc1. The molecule has 0 bridgehead atoms. The molecule has 198 valence electrons. The first-order valence-corrected chi connectivity index (χ1v) is 14.2. The second-order valence-electron chi connectivity index (χ2n) is 9.17. The van der Waals surface area contributed by atoms with E-state index in [0.29, 0.717) is 16.5 Å². The Labute approximate surface area is 222 Å². The molecule has 6 nitrogen and oxygen atoms in total. The maximum atomic E-state index is 14.5. The lowest BCUT2D eigenvalue weighted by molar-refractivity contribution is 0.0695. The quantitative estimate of drug-likeness (QED) is 0.266. The van der Waals surface area contributed by atoms with E-state index in [2.05, 4.69) is 4.98 Å². The number of halogens is 3. The van der Waals surface area contributed by atoms with Gasteiger partial charge in [-0.1, -0.05) is 37.7 Å². The number of rotatable bonds is 8. The van der Waals surface area contributed by atoms with E-state index < -0.39 is 44.2 Å². The summed E-state index contributed by atoms with van der Waals surface area (Å²) in [6.45, 7) is 3.83. The first-order valence-electron chi connectivity index (χ1n) is 11.3. The van der Waals surface area contributed by atoms with Crippen LogP contribution in [0.3, 0.4) is 0 Å². The maximum absolute atomic E-state index is 14.5. The van der Waals surface area contributed by atoms with Gasteiger partial charge in [0.2, 0.25) is 0 Å². The average Bonchev–Trinajstić information content (AvgIpc) is 3.28. The van der Waals surface area contributed by atoms with Gasteiger partial charge in [0.1, 0.15) is 17.5 Å². The lowest BCUT2D eigenvalue weighted by Gasteiger charge is -2.27. The third-order valence-corrected chi connectivity index (χ3v) is 8.30. The Morgan fingerprint density at radius 3 is 2.11 bits per heavy atom. The van der Waals surface area contributed by atoms with Crippen molar-refractivity contribution in [1.82, 2.24) is 9.55 Å². The van der Waals surface area contributed by atoms with Crippen LogP contribution in [0.4, 0.5) is 13.2 Å². The minimum absolute atomic E-state index is 0.179. The number of sulfone groups is 1. The summed E-state index contributed by atoms with van der Waals surface area (Å²) in [5.41, 5.74) is 0.505. The van der Waals surface area contributed by atoms with Gasteiger partial charge in [-0.2, -0.15) is 0 Å². The van der Waals surface area contributed by atoms with Crippen LogP contribution in [0.25, 0.3) is 5.69 Å². The van der Waals surface area contributed by atoms with Crippen molar-refractivity contribution < 1.29 is 31.5 Å². The zero-order valence-electron chi connectivity index (χ0n) is 20.6. The lowest BCUT2D eigenvalue weighted by Crippen LogP contribution is -2.23. The van der Waals surface area contributed by atoms with Gasteiger partial charge >= 0.3 is 5.97 Å². The number of hydrogen-bond acceptors (Lipinski definition) is 5. The van der Waals surface area contributed by atoms with E-state index in [-0.39, 0.29) is 16.2 Å². The van der Waals surface area contributed by atoms with Gasteiger partial charge in [0.15, 0.2) is 15.0 Å². The molecule has 1 aromatic heterocycles. The molecule has 0 saturated carbocycles. The number of aromatic carboxylic acids is 1. The Bertz CT molecular complexity index is 1590. The molecule has 0 radical (unpaired) electrons. The van der Waals surface area contributed by atoms with Crippen molar-refractivity contribution in [2.45, 2.75) is 35.1 Å². The monoisotopic (exact) mass is 560 g/mol. The van der Waals surface area contributed by atoms with E-state index in [1.807, 2.05) is 13.8 Å². The van der Waals surface area contributed by atoms with Crippen molar-refractivity contribution in [1.29, 1.82) is 0 Å². The molecule has 0 amide bonds. The predicted octanol–water partition coefficient (Wildman–Crippen LogP) is 6.01. The third kappa shape index (κ3) is 5.48. The summed E-state index contributed by atoms with van der Waals surface area (Å²) >= 11 is 1.03. The Balaban J connectivity index is 1.76. The fraction of sp³-hybridized carbons (Fsp3) is 0.185. The topological polar surface area (TPSA) is 89.3 Å². The summed E-state index contributed by atoms with van der Waals surface area (Å²) < 4.78 is 68.3. The van der Waals surface area contributed by atoms with Gasteiger partial charge in [-0.25, -0.2) is 31.4 Å². The molecule has 4 rings (SSSR count). The third-order valence-electron chi connectivity index (χ3n) is 6.19. The van der Waals surface area contributed by atoms with Crippen molar-refractivity contribution >= 4 is 27.6 Å². The molecule has 11 heteroatoms. The number of imidazole rings is 1. The van der Waals surface area contributed by atoms with Crippen LogP contribution in [0.2, 0.25) is 0 Å². The van der Waals surface area contributed by atoms with Gasteiger partial charge < -0.3 is 5.11 Å². The highest BCUT2D eigenvalue weighted by Gasteiger charge is 2.30. The molecule has 0 aliphatic rings. The summed E-state index contributed by atoms with van der Waals surface area (Å²) in [7, 11) is -3.38. The van der Waals surface area contributed by atoms with Gasteiger partial charge in [0.25, 0.3) is 0 Å². The van der Waals surface area contributed by atoms with Crippen LogP contribution < -0.4 is 0 Å². The van der Waals surface area contributed by atoms with Gasteiger partial charge in [-0.05, 0) is 54.1 Å². The average molecular weight is 561 g/mol. The molecule has 0 aliphatic heterocycles. The number of nitrogens with zero attached hydrogens (tertiary/aromatic N) is 2. The molecule has 1 heterocycles. The minimum atomic E-state index is -3.38. The van der Waals surface area contributed by atoms with E-state index in [9.17, 15) is 26.4 Å². The molecule has 0 unspecified atom stereocenters. The van der Waals surface area contributed by atoms with Crippen LogP contribution in [0, 0.1) is 17.5 Å². The van der Waals surface area contributed by atoms with Crippen LogP contribution in [0.1, 0.15) is 41.0 Å². The maximum Gasteiger partial charge on any atom is 0.335 e. The highest BCUT2D eigenvalue weighted by Crippen LogP contribution is 2.37. The lowest BCUT2D eigenvalue weighted by atomic mass is 9.81. The number of aromatic nitrogens is 2. The first kappa shape index (κ1) is 27.5. The number of hydrogen-bond donors (Lipinski definition) is 1. The fourth-order valence-electron chi connectivity index (χ4n) is 3.99. The molecule has 0 spiro atoms. The summed E-state index contributed by atoms with van der Waals surface area (Å²) in [4.78, 5) is 15.8. The Kier molecular flexibility index (Phi) is 7.44. The van der Waals surface area contributed by atoms with Crippen molar-refractivity contribution in [3.05, 3.63) is 107 Å². The predicted molar refractivity (Wildman–Crippen MR) is 138 cm³/mol. The zero-order valence-corrected chi connectivity index (χ0v) is 22.2. The van der Waals surface area contributed by atoms with E-state index in [1.54, 1.807) is 35.0 Å². The van der Waals surface area contributed by atoms with Crippen molar-refractivity contribution in [3.8, 4) is 5.69 Å². The van der Waals surface area contributed by atoms with Crippen molar-refractivity contribution in [2.24, 2.45) is 0 Å². The van der Waals surface area contributed by atoms with E-state index in [4.69, 9.17) is 5.11 Å². The van der Waals surface area contributed by atoms with Crippen LogP contribution in [0.15, 0.2) is 76.9 Å². The molecule has 0 atom stereocenters. The largest absolute Gasteiger partial charge is 0.478 e. The standard InChI is InChI=1S/C27H23F3N2O4S2/c1-27(2,17-4-10-20(11-5-17)38(3,35)36)24-14-31-26(32(24)19-8-6-18(28)7-9-19)37-15-21-22(29)12-16(25(33)34)13-23(21)30/h4-14H,15H2,1-3H3,(H,33,34). The molecular weight excluding hydrogens is 537 g/mol. The van der Waals surface area contributed by atoms with Gasteiger partial charge in [-0.3, -0.25) is 4.57 Å². The Morgan fingerprint density at radius 2 is 1.58 bits per heavy atom. The smallest absolute Gasteiger partial charge is 0.335 e. The summed E-state index contributed by atoms with van der Waals surface area (Å²) in [6, 6.07) is 13.7. The Hall–Kier alpha value is -3.57. The van der Waals surface area contributed by atoms with Crippen LogP contribution in [-0.4, -0.2) is 35.3 Å². The van der Waals surface area contributed by atoms with Crippen molar-refractivity contribution in [2.75, 3.05) is 6.26 Å². The van der Waals surface area contributed by atoms with Crippen LogP contribution in [-0.2, 0) is 21.0 Å². The van der Waals surface area contributed by atoms with Crippen LogP contribution >= 0.6 is 11.8 Å². The van der Waals surface area contributed by atoms with E-state index in [0.717, 1.165) is 35.7 Å². The number of thioether (sulfide) groups is 1. The molecule has 3 aromatic carbocycles. The van der Waals surface area contributed by atoms with Crippen molar-refractivity contribution in [3.63, 3.8) is 0 Å². The minimum Gasteiger partial charge on any atom is -0.478 e. The van der Waals surface area contributed by atoms with Gasteiger partial charge in [0, 0.05) is 28.7 Å². The normalized spacial score (nSPS) is 12.1. The molecule has 0 saturated heterocycles. The highest BCUT2D eigenvalue weighted by atomic mass is 32.2. The number of carboxylic acids is 1. The molecule has 0 fully saturated rings. The van der Waals surface area contributed by atoms with E-state index in [1.165, 1.54) is 24.3 Å². The summed E-state index contributed by atoms with van der Waals surface area (Å²) in [5, 5.41) is 9.40. The van der Waals surface area contributed by atoms with Gasteiger partial charge in [-0.15, -0.1) is 0 Å². The molecule has 4 aromatic rings.